The number of nitrogens with zero attached hydrogens (tertiary/aromatic N) is 4. The molecule has 0 fully saturated rings. The molecular formula is C18H17ClF3N5O. The second-order valence-electron chi connectivity index (χ2n) is 6.32. The van der Waals surface area contributed by atoms with E-state index in [0.29, 0.717) is 28.6 Å². The number of benzene rings is 1. The quantitative estimate of drug-likeness (QED) is 0.699. The maximum atomic E-state index is 12.8. The molecule has 6 nitrogen and oxygen atoms in total. The van der Waals surface area contributed by atoms with Gasteiger partial charge in [-0.1, -0.05) is 23.7 Å². The summed E-state index contributed by atoms with van der Waals surface area (Å²) in [7, 11) is 1.29. The molecule has 0 aliphatic heterocycles. The fraction of sp³-hybridized carbons (Fsp3) is 0.278. The average Bonchev–Trinajstić information content (AvgIpc) is 3.12. The van der Waals surface area contributed by atoms with Crippen molar-refractivity contribution in [2.45, 2.75) is 26.6 Å². The average molecular weight is 412 g/mol. The highest BCUT2D eigenvalue weighted by Gasteiger charge is 2.35. The SMILES string of the molecule is Cc1nn(Cc2ccc(Cl)cc2)c(C)c1NC(=O)c1cc(C(F)(F)F)nn1C. The van der Waals surface area contributed by atoms with E-state index in [4.69, 9.17) is 11.6 Å². The first-order valence-electron chi connectivity index (χ1n) is 8.27. The maximum absolute atomic E-state index is 12.8. The normalized spacial score (nSPS) is 11.7. The van der Waals surface area contributed by atoms with Crippen molar-refractivity contribution in [2.24, 2.45) is 7.05 Å². The zero-order valence-electron chi connectivity index (χ0n) is 15.3. The van der Waals surface area contributed by atoms with Crippen molar-refractivity contribution in [3.8, 4) is 0 Å². The Labute approximate surface area is 163 Å². The van der Waals surface area contributed by atoms with Gasteiger partial charge in [0.05, 0.1) is 23.6 Å². The van der Waals surface area contributed by atoms with Crippen LogP contribution in [0.25, 0.3) is 0 Å². The molecule has 1 amide bonds. The van der Waals surface area contributed by atoms with Crippen molar-refractivity contribution in [3.05, 3.63) is 63.7 Å². The zero-order valence-corrected chi connectivity index (χ0v) is 16.1. The van der Waals surface area contributed by atoms with Gasteiger partial charge in [-0.2, -0.15) is 23.4 Å². The smallest absolute Gasteiger partial charge is 0.317 e. The largest absolute Gasteiger partial charge is 0.435 e. The molecule has 0 saturated carbocycles. The molecule has 0 atom stereocenters. The van der Waals surface area contributed by atoms with Crippen molar-refractivity contribution in [1.29, 1.82) is 0 Å². The summed E-state index contributed by atoms with van der Waals surface area (Å²) in [6, 6.07) is 7.99. The summed E-state index contributed by atoms with van der Waals surface area (Å²) in [5, 5.41) is 11.0. The lowest BCUT2D eigenvalue weighted by Gasteiger charge is -2.07. The molecule has 0 spiro atoms. The molecule has 2 aromatic heterocycles. The van der Waals surface area contributed by atoms with Gasteiger partial charge in [0.25, 0.3) is 5.91 Å². The minimum absolute atomic E-state index is 0.198. The topological polar surface area (TPSA) is 64.7 Å². The Kier molecular flexibility index (Phi) is 5.20. The van der Waals surface area contributed by atoms with E-state index in [2.05, 4.69) is 15.5 Å². The van der Waals surface area contributed by atoms with E-state index >= 15 is 0 Å². The molecule has 148 valence electrons. The van der Waals surface area contributed by atoms with Crippen LogP contribution in [0, 0.1) is 13.8 Å². The van der Waals surface area contributed by atoms with Gasteiger partial charge in [0, 0.05) is 18.1 Å². The number of hydrogen-bond donors (Lipinski definition) is 1. The molecule has 3 aromatic rings. The maximum Gasteiger partial charge on any atom is 0.435 e. The van der Waals surface area contributed by atoms with E-state index < -0.39 is 17.8 Å². The third-order valence-electron chi connectivity index (χ3n) is 4.27. The summed E-state index contributed by atoms with van der Waals surface area (Å²) < 4.78 is 41.0. The monoisotopic (exact) mass is 411 g/mol. The van der Waals surface area contributed by atoms with Gasteiger partial charge < -0.3 is 5.32 Å². The second kappa shape index (κ2) is 7.31. The van der Waals surface area contributed by atoms with Crippen molar-refractivity contribution < 1.29 is 18.0 Å². The van der Waals surface area contributed by atoms with Gasteiger partial charge >= 0.3 is 6.18 Å². The molecule has 28 heavy (non-hydrogen) atoms. The Bertz CT molecular complexity index is 1020. The number of nitrogens with one attached hydrogen (secondary N) is 1. The summed E-state index contributed by atoms with van der Waals surface area (Å²) >= 11 is 5.89. The summed E-state index contributed by atoms with van der Waals surface area (Å²) in [5.41, 5.74) is 1.34. The fourth-order valence-corrected chi connectivity index (χ4v) is 2.92. The first-order chi connectivity index (χ1) is 13.1. The molecule has 10 heteroatoms. The Morgan fingerprint density at radius 1 is 1.18 bits per heavy atom. The second-order valence-corrected chi connectivity index (χ2v) is 6.76. The Morgan fingerprint density at radius 3 is 2.39 bits per heavy atom. The van der Waals surface area contributed by atoms with Crippen LogP contribution in [0.5, 0.6) is 0 Å². The number of aryl methyl sites for hydroxylation is 2. The number of amides is 1. The molecule has 3 rings (SSSR count). The number of carbonyl (C=O) groups is 1. The molecule has 1 N–H and O–H groups in total. The van der Waals surface area contributed by atoms with Crippen LogP contribution in [0.2, 0.25) is 5.02 Å². The van der Waals surface area contributed by atoms with Gasteiger partial charge in [0.15, 0.2) is 5.69 Å². The molecule has 0 unspecified atom stereocenters. The van der Waals surface area contributed by atoms with E-state index in [1.165, 1.54) is 7.05 Å². The third-order valence-corrected chi connectivity index (χ3v) is 4.52. The standard InChI is InChI=1S/C18H17ClF3N5O/c1-10-16(11(2)27(24-10)9-12-4-6-13(19)7-5-12)23-17(28)14-8-15(18(20,21)22)25-26(14)3/h4-8H,9H2,1-3H3,(H,23,28). The number of aromatic nitrogens is 4. The lowest BCUT2D eigenvalue weighted by Crippen LogP contribution is -2.17. The molecule has 1 aromatic carbocycles. The first kappa shape index (κ1) is 19.9. The summed E-state index contributed by atoms with van der Waals surface area (Å²) in [6.07, 6.45) is -4.62. The number of carbonyl (C=O) groups excluding carboxylic acids is 1. The van der Waals surface area contributed by atoms with Crippen LogP contribution in [0.3, 0.4) is 0 Å². The zero-order chi connectivity index (χ0) is 20.6. The van der Waals surface area contributed by atoms with Crippen molar-refractivity contribution in [1.82, 2.24) is 19.6 Å². The van der Waals surface area contributed by atoms with E-state index in [1.54, 1.807) is 30.7 Å². The van der Waals surface area contributed by atoms with Crippen LogP contribution in [0.1, 0.15) is 33.1 Å². The molecular weight excluding hydrogens is 395 g/mol. The Hall–Kier alpha value is -2.81. The van der Waals surface area contributed by atoms with Crippen LogP contribution in [0.4, 0.5) is 18.9 Å². The van der Waals surface area contributed by atoms with E-state index in [-0.39, 0.29) is 5.69 Å². The van der Waals surface area contributed by atoms with Gasteiger partial charge in [0.1, 0.15) is 5.69 Å². The Morgan fingerprint density at radius 2 is 1.82 bits per heavy atom. The number of halogens is 4. The predicted octanol–water partition coefficient (Wildman–Crippen LogP) is 4.21. The Balaban J connectivity index is 1.83. The molecule has 0 bridgehead atoms. The van der Waals surface area contributed by atoms with Crippen LogP contribution < -0.4 is 5.32 Å². The summed E-state index contributed by atoms with van der Waals surface area (Å²) in [5.74, 6) is -0.692. The number of rotatable bonds is 4. The van der Waals surface area contributed by atoms with Crippen LogP contribution in [-0.2, 0) is 19.8 Å². The van der Waals surface area contributed by atoms with Crippen LogP contribution >= 0.6 is 11.6 Å². The molecule has 0 aliphatic rings. The van der Waals surface area contributed by atoms with Gasteiger partial charge in [-0.3, -0.25) is 14.2 Å². The van der Waals surface area contributed by atoms with Crippen LogP contribution in [-0.4, -0.2) is 25.5 Å². The van der Waals surface area contributed by atoms with Gasteiger partial charge in [-0.15, -0.1) is 0 Å². The molecule has 0 radical (unpaired) electrons. The highest BCUT2D eigenvalue weighted by Crippen LogP contribution is 2.29. The predicted molar refractivity (Wildman–Crippen MR) is 98.4 cm³/mol. The lowest BCUT2D eigenvalue weighted by atomic mass is 10.2. The van der Waals surface area contributed by atoms with E-state index in [0.717, 1.165) is 16.3 Å². The van der Waals surface area contributed by atoms with Gasteiger partial charge in [-0.25, -0.2) is 0 Å². The number of hydrogen-bond acceptors (Lipinski definition) is 3. The fourth-order valence-electron chi connectivity index (χ4n) is 2.79. The van der Waals surface area contributed by atoms with E-state index in [9.17, 15) is 18.0 Å². The number of alkyl halides is 3. The first-order valence-corrected chi connectivity index (χ1v) is 8.65. The molecule has 0 aliphatic carbocycles. The summed E-state index contributed by atoms with van der Waals surface area (Å²) in [6.45, 7) is 3.95. The van der Waals surface area contributed by atoms with Crippen molar-refractivity contribution >= 4 is 23.2 Å². The highest BCUT2D eigenvalue weighted by molar-refractivity contribution is 6.30. The highest BCUT2D eigenvalue weighted by atomic mass is 35.5. The van der Waals surface area contributed by atoms with Crippen LogP contribution in [0.15, 0.2) is 30.3 Å². The van der Waals surface area contributed by atoms with Crippen molar-refractivity contribution in [2.75, 3.05) is 5.32 Å². The van der Waals surface area contributed by atoms with Gasteiger partial charge in [0.2, 0.25) is 0 Å². The number of anilines is 1. The molecule has 0 saturated heterocycles. The minimum Gasteiger partial charge on any atom is -0.317 e. The lowest BCUT2D eigenvalue weighted by molar-refractivity contribution is -0.141. The van der Waals surface area contributed by atoms with Crippen molar-refractivity contribution in [3.63, 3.8) is 0 Å². The van der Waals surface area contributed by atoms with E-state index in [1.807, 2.05) is 12.1 Å². The minimum atomic E-state index is -4.62. The summed E-state index contributed by atoms with van der Waals surface area (Å²) in [4.78, 5) is 12.5. The molecule has 2 heterocycles. The third kappa shape index (κ3) is 4.04. The van der Waals surface area contributed by atoms with Gasteiger partial charge in [-0.05, 0) is 31.5 Å².